The zero-order valence-electron chi connectivity index (χ0n) is 12.3. The first-order valence-corrected chi connectivity index (χ1v) is 7.97. The minimum Gasteiger partial charge on any atom is -0.395 e. The molecular weight excluding hydrogens is 296 g/mol. The fourth-order valence-electron chi connectivity index (χ4n) is 2.74. The zero-order chi connectivity index (χ0) is 15.6. The molecule has 0 spiro atoms. The van der Waals surface area contributed by atoms with Gasteiger partial charge in [0, 0.05) is 23.2 Å². The maximum atomic E-state index is 9.47. The Bertz CT molecular complexity index is 692. The van der Waals surface area contributed by atoms with Gasteiger partial charge in [-0.1, -0.05) is 30.0 Å². The third kappa shape index (κ3) is 2.98. The minimum absolute atomic E-state index is 0.0752. The molecule has 2 aromatic rings. The number of aliphatic hydroxyl groups is 1. The number of hydrogen-bond donors (Lipinski definition) is 2. The summed E-state index contributed by atoms with van der Waals surface area (Å²) < 4.78 is 0. The molecule has 0 aliphatic carbocycles. The Morgan fingerprint density at radius 1 is 1.32 bits per heavy atom. The summed E-state index contributed by atoms with van der Waals surface area (Å²) >= 11 is 1.44. The van der Waals surface area contributed by atoms with Crippen molar-refractivity contribution in [2.45, 2.75) is 24.1 Å². The minimum atomic E-state index is -0.422. The van der Waals surface area contributed by atoms with Crippen LogP contribution in [0.15, 0.2) is 48.0 Å². The van der Waals surface area contributed by atoms with Crippen LogP contribution in [0.3, 0.4) is 0 Å². The van der Waals surface area contributed by atoms with Gasteiger partial charge < -0.3 is 10.8 Å². The number of aliphatic imine (C=N–C) groups is 1. The summed E-state index contributed by atoms with van der Waals surface area (Å²) in [4.78, 5) is 12.8. The summed E-state index contributed by atoms with van der Waals surface area (Å²) in [6.07, 6.45) is 5.85. The number of amidine groups is 1. The van der Waals surface area contributed by atoms with Crippen LogP contribution in [0.1, 0.15) is 18.9 Å². The Morgan fingerprint density at radius 2 is 2.09 bits per heavy atom. The van der Waals surface area contributed by atoms with E-state index in [1.54, 1.807) is 12.4 Å². The molecule has 1 aromatic carbocycles. The smallest absolute Gasteiger partial charge is 0.155 e. The van der Waals surface area contributed by atoms with Gasteiger partial charge in [-0.2, -0.15) is 0 Å². The second kappa shape index (κ2) is 6.06. The number of nitrogens with zero attached hydrogens (tertiary/aromatic N) is 3. The van der Waals surface area contributed by atoms with Gasteiger partial charge in [0.15, 0.2) is 5.17 Å². The molecule has 3 rings (SSSR count). The van der Waals surface area contributed by atoms with Crippen LogP contribution in [0.25, 0.3) is 11.1 Å². The predicted octanol–water partition coefficient (Wildman–Crippen LogP) is 2.17. The van der Waals surface area contributed by atoms with Crippen molar-refractivity contribution < 1.29 is 5.11 Å². The Balaban J connectivity index is 2.00. The molecule has 1 aromatic heterocycles. The van der Waals surface area contributed by atoms with Crippen molar-refractivity contribution in [3.63, 3.8) is 0 Å². The average molecular weight is 314 g/mol. The topological polar surface area (TPSA) is 84.4 Å². The Morgan fingerprint density at radius 3 is 2.82 bits per heavy atom. The van der Waals surface area contributed by atoms with Crippen LogP contribution in [0.5, 0.6) is 0 Å². The third-order valence-corrected chi connectivity index (χ3v) is 4.83. The van der Waals surface area contributed by atoms with Crippen molar-refractivity contribution in [1.29, 1.82) is 0 Å². The molecule has 22 heavy (non-hydrogen) atoms. The standard InChI is InChI=1S/C16H18N4OS/c1-16(6-14(9-21)22-15(17)20-16)13-4-2-3-11(5-13)12-7-18-10-19-8-12/h2-5,7-8,10,14,21H,6,9H2,1H3,(H2,17,20)/t14-,16-/m0/s1. The SMILES string of the molecule is C[C@@]1(c2cccc(-c3cncnc3)c2)C[C@@H](CO)SC(N)=N1. The molecule has 1 aliphatic rings. The van der Waals surface area contributed by atoms with Crippen LogP contribution in [-0.4, -0.2) is 32.1 Å². The van der Waals surface area contributed by atoms with Crippen molar-refractivity contribution in [3.05, 3.63) is 48.5 Å². The maximum Gasteiger partial charge on any atom is 0.155 e. The van der Waals surface area contributed by atoms with Gasteiger partial charge in [-0.15, -0.1) is 0 Å². The maximum absolute atomic E-state index is 9.47. The predicted molar refractivity (Wildman–Crippen MR) is 89.5 cm³/mol. The van der Waals surface area contributed by atoms with Crippen LogP contribution in [0.4, 0.5) is 0 Å². The van der Waals surface area contributed by atoms with E-state index < -0.39 is 5.54 Å². The molecule has 0 radical (unpaired) electrons. The van der Waals surface area contributed by atoms with E-state index in [9.17, 15) is 5.11 Å². The molecule has 0 bridgehead atoms. The molecule has 0 fully saturated rings. The molecule has 2 atom stereocenters. The molecule has 3 N–H and O–H groups in total. The molecule has 1 aliphatic heterocycles. The Hall–Kier alpha value is -1.92. The summed E-state index contributed by atoms with van der Waals surface area (Å²) in [6, 6.07) is 8.18. The van der Waals surface area contributed by atoms with Crippen molar-refractivity contribution in [3.8, 4) is 11.1 Å². The van der Waals surface area contributed by atoms with E-state index in [-0.39, 0.29) is 11.9 Å². The molecule has 6 heteroatoms. The van der Waals surface area contributed by atoms with Crippen molar-refractivity contribution >= 4 is 16.9 Å². The molecule has 0 amide bonds. The van der Waals surface area contributed by atoms with Crippen LogP contribution >= 0.6 is 11.8 Å². The van der Waals surface area contributed by atoms with Crippen LogP contribution in [0, 0.1) is 0 Å². The Labute approximate surface area is 133 Å². The quantitative estimate of drug-likeness (QED) is 0.907. The second-order valence-electron chi connectivity index (χ2n) is 5.56. The van der Waals surface area contributed by atoms with Crippen LogP contribution in [-0.2, 0) is 5.54 Å². The summed E-state index contributed by atoms with van der Waals surface area (Å²) in [6.45, 7) is 2.16. The highest BCUT2D eigenvalue weighted by Crippen LogP contribution is 2.39. The number of hydrogen-bond acceptors (Lipinski definition) is 6. The van der Waals surface area contributed by atoms with Gasteiger partial charge in [-0.3, -0.25) is 4.99 Å². The van der Waals surface area contributed by atoms with Crippen LogP contribution < -0.4 is 5.73 Å². The summed E-state index contributed by atoms with van der Waals surface area (Å²) in [5, 5.41) is 10.1. The highest BCUT2D eigenvalue weighted by molar-refractivity contribution is 8.14. The van der Waals surface area contributed by atoms with Gasteiger partial charge in [0.25, 0.3) is 0 Å². The summed E-state index contributed by atoms with van der Waals surface area (Å²) in [5.74, 6) is 0. The lowest BCUT2D eigenvalue weighted by Gasteiger charge is -2.34. The van der Waals surface area contributed by atoms with E-state index in [1.807, 2.05) is 12.1 Å². The number of benzene rings is 1. The van der Waals surface area contributed by atoms with E-state index >= 15 is 0 Å². The monoisotopic (exact) mass is 314 g/mol. The molecule has 0 saturated carbocycles. The average Bonchev–Trinajstić information content (AvgIpc) is 2.55. The number of nitrogens with two attached hydrogens (primary N) is 1. The van der Waals surface area contributed by atoms with Crippen molar-refractivity contribution in [2.75, 3.05) is 6.61 Å². The normalized spacial score (nSPS) is 24.8. The first-order chi connectivity index (χ1) is 10.6. The van der Waals surface area contributed by atoms with E-state index in [0.29, 0.717) is 5.17 Å². The van der Waals surface area contributed by atoms with E-state index in [2.05, 4.69) is 34.0 Å². The van der Waals surface area contributed by atoms with E-state index in [1.165, 1.54) is 18.1 Å². The van der Waals surface area contributed by atoms with Gasteiger partial charge >= 0.3 is 0 Å². The van der Waals surface area contributed by atoms with Crippen molar-refractivity contribution in [2.24, 2.45) is 10.7 Å². The van der Waals surface area contributed by atoms with Gasteiger partial charge in [0.05, 0.1) is 12.1 Å². The largest absolute Gasteiger partial charge is 0.395 e. The highest BCUT2D eigenvalue weighted by atomic mass is 32.2. The van der Waals surface area contributed by atoms with Crippen LogP contribution in [0.2, 0.25) is 0 Å². The molecule has 0 unspecified atom stereocenters. The molecule has 5 nitrogen and oxygen atoms in total. The van der Waals surface area contributed by atoms with Crippen molar-refractivity contribution in [1.82, 2.24) is 9.97 Å². The number of aliphatic hydroxyl groups excluding tert-OH is 1. The second-order valence-corrected chi connectivity index (χ2v) is 6.88. The lowest BCUT2D eigenvalue weighted by molar-refractivity contribution is 0.272. The molecule has 0 saturated heterocycles. The lowest BCUT2D eigenvalue weighted by atomic mass is 9.86. The number of rotatable bonds is 3. The molecule has 114 valence electrons. The molecular formula is C16H18N4OS. The van der Waals surface area contributed by atoms with Gasteiger partial charge in [0.1, 0.15) is 6.33 Å². The molecule has 2 heterocycles. The highest BCUT2D eigenvalue weighted by Gasteiger charge is 2.34. The van der Waals surface area contributed by atoms with Gasteiger partial charge in [-0.05, 0) is 30.5 Å². The van der Waals surface area contributed by atoms with E-state index in [0.717, 1.165) is 23.1 Å². The fourth-order valence-corrected chi connectivity index (χ4v) is 3.82. The summed E-state index contributed by atoms with van der Waals surface area (Å²) in [5.41, 5.74) is 8.62. The van der Waals surface area contributed by atoms with Gasteiger partial charge in [-0.25, -0.2) is 9.97 Å². The number of thioether (sulfide) groups is 1. The first-order valence-electron chi connectivity index (χ1n) is 7.09. The van der Waals surface area contributed by atoms with E-state index in [4.69, 9.17) is 5.73 Å². The van der Waals surface area contributed by atoms with Gasteiger partial charge in [0.2, 0.25) is 0 Å². The first kappa shape index (κ1) is 15.0. The fraction of sp³-hybridized carbons (Fsp3) is 0.312. The number of aromatic nitrogens is 2. The summed E-state index contributed by atoms with van der Waals surface area (Å²) in [7, 11) is 0. The zero-order valence-corrected chi connectivity index (χ0v) is 13.1. The lowest BCUT2D eigenvalue weighted by Crippen LogP contribution is -2.34. The Kier molecular flexibility index (Phi) is 4.13. The third-order valence-electron chi connectivity index (χ3n) is 3.85.